The normalized spacial score (nSPS) is 19.6. The Morgan fingerprint density at radius 1 is 1.30 bits per heavy atom. The van der Waals surface area contributed by atoms with Gasteiger partial charge in [-0.05, 0) is 18.7 Å². The minimum Gasteiger partial charge on any atom is -0.349 e. The quantitative estimate of drug-likeness (QED) is 0.868. The molecule has 1 atom stereocenters. The summed E-state index contributed by atoms with van der Waals surface area (Å²) >= 11 is 0. The maximum absolute atomic E-state index is 11.9. The second kappa shape index (κ2) is 7.39. The first-order valence-electron chi connectivity index (χ1n) is 7.99. The van der Waals surface area contributed by atoms with Crippen molar-refractivity contribution in [2.45, 2.75) is 6.04 Å². The lowest BCUT2D eigenvalue weighted by molar-refractivity contribution is 0.0840. The SMILES string of the molecule is CN1CCN(CCNC(=O)c2ccn[nH]2)C(c2ccccc2)C1. The highest BCUT2D eigenvalue weighted by atomic mass is 16.1. The van der Waals surface area contributed by atoms with Crippen molar-refractivity contribution >= 4 is 5.91 Å². The molecule has 2 N–H and O–H groups in total. The Morgan fingerprint density at radius 2 is 2.13 bits per heavy atom. The van der Waals surface area contributed by atoms with Crippen molar-refractivity contribution in [3.8, 4) is 0 Å². The number of benzene rings is 1. The molecule has 0 bridgehead atoms. The average molecular weight is 313 g/mol. The topological polar surface area (TPSA) is 64.3 Å². The van der Waals surface area contributed by atoms with Crippen LogP contribution in [0.3, 0.4) is 0 Å². The highest BCUT2D eigenvalue weighted by molar-refractivity contribution is 5.92. The molecule has 122 valence electrons. The Labute approximate surface area is 136 Å². The van der Waals surface area contributed by atoms with Gasteiger partial charge in [0.15, 0.2) is 0 Å². The molecule has 6 nitrogen and oxygen atoms in total. The van der Waals surface area contributed by atoms with Crippen molar-refractivity contribution in [3.63, 3.8) is 0 Å². The van der Waals surface area contributed by atoms with Gasteiger partial charge in [-0.2, -0.15) is 5.10 Å². The van der Waals surface area contributed by atoms with E-state index in [9.17, 15) is 4.79 Å². The molecule has 6 heteroatoms. The van der Waals surface area contributed by atoms with Crippen LogP contribution in [-0.4, -0.2) is 65.7 Å². The van der Waals surface area contributed by atoms with Gasteiger partial charge in [0.1, 0.15) is 5.69 Å². The summed E-state index contributed by atoms with van der Waals surface area (Å²) in [6, 6.07) is 12.6. The number of carbonyl (C=O) groups is 1. The number of aromatic nitrogens is 2. The molecule has 1 aliphatic rings. The summed E-state index contributed by atoms with van der Waals surface area (Å²) < 4.78 is 0. The van der Waals surface area contributed by atoms with E-state index in [2.05, 4.69) is 56.6 Å². The molecule has 2 heterocycles. The fourth-order valence-corrected chi connectivity index (χ4v) is 3.01. The van der Waals surface area contributed by atoms with Crippen LogP contribution in [0.2, 0.25) is 0 Å². The van der Waals surface area contributed by atoms with Crippen molar-refractivity contribution in [1.29, 1.82) is 0 Å². The zero-order valence-corrected chi connectivity index (χ0v) is 13.4. The number of nitrogens with zero attached hydrogens (tertiary/aromatic N) is 3. The number of hydrogen-bond donors (Lipinski definition) is 2. The lowest BCUT2D eigenvalue weighted by Crippen LogP contribution is -2.49. The highest BCUT2D eigenvalue weighted by Crippen LogP contribution is 2.24. The maximum atomic E-state index is 11.9. The van der Waals surface area contributed by atoms with Crippen molar-refractivity contribution in [1.82, 2.24) is 25.3 Å². The van der Waals surface area contributed by atoms with Crippen molar-refractivity contribution < 1.29 is 4.79 Å². The van der Waals surface area contributed by atoms with Crippen LogP contribution in [0, 0.1) is 0 Å². The van der Waals surface area contributed by atoms with Crippen LogP contribution in [0.15, 0.2) is 42.6 Å². The summed E-state index contributed by atoms with van der Waals surface area (Å²) in [5.74, 6) is -0.104. The molecule has 3 rings (SSSR count). The van der Waals surface area contributed by atoms with Gasteiger partial charge in [0, 0.05) is 45.0 Å². The van der Waals surface area contributed by atoms with Crippen LogP contribution in [0.25, 0.3) is 0 Å². The van der Waals surface area contributed by atoms with Crippen molar-refractivity contribution in [3.05, 3.63) is 53.9 Å². The summed E-state index contributed by atoms with van der Waals surface area (Å²) in [5.41, 5.74) is 1.84. The van der Waals surface area contributed by atoms with E-state index in [1.807, 2.05) is 6.07 Å². The van der Waals surface area contributed by atoms with Gasteiger partial charge >= 0.3 is 0 Å². The van der Waals surface area contributed by atoms with E-state index in [1.54, 1.807) is 12.3 Å². The summed E-state index contributed by atoms with van der Waals surface area (Å²) in [5, 5.41) is 9.43. The third kappa shape index (κ3) is 3.97. The van der Waals surface area contributed by atoms with Crippen LogP contribution in [0.5, 0.6) is 0 Å². The number of amides is 1. The standard InChI is InChI=1S/C17H23N5O/c1-21-11-12-22(16(13-21)14-5-3-2-4-6-14)10-9-18-17(23)15-7-8-19-20-15/h2-8,16H,9-13H2,1H3,(H,18,23)(H,19,20). The molecule has 23 heavy (non-hydrogen) atoms. The molecule has 1 amide bonds. The van der Waals surface area contributed by atoms with E-state index in [0.717, 1.165) is 26.2 Å². The molecule has 1 unspecified atom stereocenters. The molecule has 1 aromatic carbocycles. The number of likely N-dealkylation sites (N-methyl/N-ethyl adjacent to an activating group) is 1. The second-order valence-electron chi connectivity index (χ2n) is 5.95. The lowest BCUT2D eigenvalue weighted by atomic mass is 10.0. The van der Waals surface area contributed by atoms with Crippen LogP contribution in [0.1, 0.15) is 22.1 Å². The Kier molecular flexibility index (Phi) is 5.05. The molecule has 2 aromatic rings. The Hall–Kier alpha value is -2.18. The monoisotopic (exact) mass is 313 g/mol. The molecular formula is C17H23N5O. The van der Waals surface area contributed by atoms with Crippen molar-refractivity contribution in [2.24, 2.45) is 0 Å². The number of aromatic amines is 1. The maximum Gasteiger partial charge on any atom is 0.269 e. The molecule has 0 saturated carbocycles. The third-order valence-corrected chi connectivity index (χ3v) is 4.31. The first-order chi connectivity index (χ1) is 11.2. The van der Waals surface area contributed by atoms with Gasteiger partial charge in [-0.3, -0.25) is 14.8 Å². The molecule has 1 aliphatic heterocycles. The van der Waals surface area contributed by atoms with E-state index >= 15 is 0 Å². The predicted molar refractivity (Wildman–Crippen MR) is 89.2 cm³/mol. The van der Waals surface area contributed by atoms with Gasteiger partial charge in [0.25, 0.3) is 5.91 Å². The van der Waals surface area contributed by atoms with Gasteiger partial charge in [-0.15, -0.1) is 0 Å². The Balaban J connectivity index is 1.58. The zero-order valence-electron chi connectivity index (χ0n) is 13.4. The van der Waals surface area contributed by atoms with Crippen LogP contribution in [-0.2, 0) is 0 Å². The number of H-pyrrole nitrogens is 1. The van der Waals surface area contributed by atoms with Gasteiger partial charge in [0.05, 0.1) is 0 Å². The van der Waals surface area contributed by atoms with Crippen molar-refractivity contribution in [2.75, 3.05) is 39.8 Å². The number of nitrogens with one attached hydrogen (secondary N) is 2. The van der Waals surface area contributed by atoms with Crippen LogP contribution in [0.4, 0.5) is 0 Å². The Bertz CT molecular complexity index is 613. The van der Waals surface area contributed by atoms with E-state index in [1.165, 1.54) is 5.56 Å². The summed E-state index contributed by atoms with van der Waals surface area (Å²) in [4.78, 5) is 16.7. The van der Waals surface area contributed by atoms with Crippen LogP contribution < -0.4 is 5.32 Å². The second-order valence-corrected chi connectivity index (χ2v) is 5.95. The first-order valence-corrected chi connectivity index (χ1v) is 7.99. The van der Waals surface area contributed by atoms with E-state index in [0.29, 0.717) is 18.3 Å². The smallest absolute Gasteiger partial charge is 0.269 e. The number of hydrogen-bond acceptors (Lipinski definition) is 4. The average Bonchev–Trinajstić information content (AvgIpc) is 3.11. The minimum atomic E-state index is -0.104. The summed E-state index contributed by atoms with van der Waals surface area (Å²) in [7, 11) is 2.16. The van der Waals surface area contributed by atoms with Gasteiger partial charge in [-0.1, -0.05) is 30.3 Å². The highest BCUT2D eigenvalue weighted by Gasteiger charge is 2.26. The minimum absolute atomic E-state index is 0.104. The molecule has 1 aromatic heterocycles. The predicted octanol–water partition coefficient (Wildman–Crippen LogP) is 1.13. The summed E-state index contributed by atoms with van der Waals surface area (Å²) in [6.45, 7) is 4.55. The fraction of sp³-hybridized carbons (Fsp3) is 0.412. The third-order valence-electron chi connectivity index (χ3n) is 4.31. The zero-order chi connectivity index (χ0) is 16.1. The molecule has 0 aliphatic carbocycles. The van der Waals surface area contributed by atoms with E-state index < -0.39 is 0 Å². The summed E-state index contributed by atoms with van der Waals surface area (Å²) in [6.07, 6.45) is 1.58. The molecule has 1 saturated heterocycles. The fourth-order valence-electron chi connectivity index (χ4n) is 3.01. The van der Waals surface area contributed by atoms with Gasteiger partial charge < -0.3 is 10.2 Å². The van der Waals surface area contributed by atoms with E-state index in [-0.39, 0.29) is 5.91 Å². The number of rotatable bonds is 5. The first kappa shape index (κ1) is 15.7. The number of piperazine rings is 1. The molecule has 1 fully saturated rings. The Morgan fingerprint density at radius 3 is 2.87 bits per heavy atom. The lowest BCUT2D eigenvalue weighted by Gasteiger charge is -2.40. The van der Waals surface area contributed by atoms with Crippen LogP contribution >= 0.6 is 0 Å². The van der Waals surface area contributed by atoms with E-state index in [4.69, 9.17) is 0 Å². The number of carbonyl (C=O) groups excluding carboxylic acids is 1. The van der Waals surface area contributed by atoms with Gasteiger partial charge in [0.2, 0.25) is 0 Å². The largest absolute Gasteiger partial charge is 0.349 e. The molecule has 0 spiro atoms. The molecule has 0 radical (unpaired) electrons. The molecular weight excluding hydrogens is 290 g/mol. The van der Waals surface area contributed by atoms with Gasteiger partial charge in [-0.25, -0.2) is 0 Å².